The Morgan fingerprint density at radius 3 is 2.68 bits per heavy atom. The van der Waals surface area contributed by atoms with Crippen LogP contribution in [-0.2, 0) is 14.3 Å². The third-order valence-corrected chi connectivity index (χ3v) is 4.85. The van der Waals surface area contributed by atoms with Crippen molar-refractivity contribution in [1.82, 2.24) is 5.32 Å². The van der Waals surface area contributed by atoms with Crippen molar-refractivity contribution in [1.29, 1.82) is 5.26 Å². The first kappa shape index (κ1) is 21.8. The van der Waals surface area contributed by atoms with Crippen LogP contribution in [0.4, 0.5) is 0 Å². The van der Waals surface area contributed by atoms with Crippen molar-refractivity contribution < 1.29 is 23.8 Å². The van der Waals surface area contributed by atoms with Crippen LogP contribution in [0.2, 0.25) is 0 Å². The first-order chi connectivity index (χ1) is 13.5. The predicted molar refractivity (Wildman–Crippen MR) is 107 cm³/mol. The molecule has 8 heteroatoms. The molecule has 0 saturated heterocycles. The molecule has 0 spiro atoms. The summed E-state index contributed by atoms with van der Waals surface area (Å²) in [6.07, 6.45) is 5.56. The number of amides is 1. The highest BCUT2D eigenvalue weighted by molar-refractivity contribution is 9.10. The van der Waals surface area contributed by atoms with E-state index in [1.54, 1.807) is 19.1 Å². The molecule has 0 unspecified atom stereocenters. The molecular weight excluding hydrogens is 428 g/mol. The summed E-state index contributed by atoms with van der Waals surface area (Å²) in [5.41, 5.74) is 0.603. The fraction of sp³-hybridized carbons (Fsp3) is 0.450. The summed E-state index contributed by atoms with van der Waals surface area (Å²) in [5.74, 6) is -0.178. The number of halogens is 1. The lowest BCUT2D eigenvalue weighted by Gasteiger charge is -2.14. The molecule has 1 amide bonds. The van der Waals surface area contributed by atoms with Crippen molar-refractivity contribution in [3.8, 4) is 17.6 Å². The molecule has 0 atom stereocenters. The average molecular weight is 451 g/mol. The number of hydrogen-bond donors (Lipinski definition) is 1. The zero-order valence-corrected chi connectivity index (χ0v) is 17.5. The summed E-state index contributed by atoms with van der Waals surface area (Å²) < 4.78 is 16.2. The van der Waals surface area contributed by atoms with Crippen molar-refractivity contribution in [3.05, 3.63) is 27.7 Å². The Morgan fingerprint density at radius 1 is 1.36 bits per heavy atom. The van der Waals surface area contributed by atoms with Crippen LogP contribution in [-0.4, -0.2) is 38.2 Å². The minimum atomic E-state index is -0.490. The van der Waals surface area contributed by atoms with E-state index in [2.05, 4.69) is 21.2 Å². The van der Waals surface area contributed by atoms with Crippen molar-refractivity contribution >= 4 is 33.9 Å². The molecule has 0 aliphatic heterocycles. The second kappa shape index (κ2) is 10.7. The number of carbonyl (C=O) groups is 2. The first-order valence-electron chi connectivity index (χ1n) is 9.07. The molecule has 1 aromatic rings. The molecule has 2 rings (SSSR count). The van der Waals surface area contributed by atoms with Gasteiger partial charge in [0.05, 0.1) is 18.2 Å². The van der Waals surface area contributed by atoms with Gasteiger partial charge in [-0.2, -0.15) is 5.26 Å². The monoisotopic (exact) mass is 450 g/mol. The van der Waals surface area contributed by atoms with Gasteiger partial charge in [-0.05, 0) is 59.5 Å². The van der Waals surface area contributed by atoms with Gasteiger partial charge >= 0.3 is 5.97 Å². The standard InChI is InChI=1S/C20H23BrN2O5/c1-3-27-18(24)12-28-19-16(21)9-13(10-17(19)26-2)8-14(11-22)20(25)23-15-6-4-5-7-15/h8-10,15H,3-7,12H2,1-2H3,(H,23,25)/b14-8-. The molecular formula is C20H23BrN2O5. The van der Waals surface area contributed by atoms with E-state index in [0.717, 1.165) is 25.7 Å². The maximum Gasteiger partial charge on any atom is 0.344 e. The molecule has 0 bridgehead atoms. The SMILES string of the molecule is CCOC(=O)COc1c(Br)cc(/C=C(/C#N)C(=O)NC2CCCC2)cc1OC. The van der Waals surface area contributed by atoms with Crippen LogP contribution in [0.3, 0.4) is 0 Å². The maximum absolute atomic E-state index is 12.4. The van der Waals surface area contributed by atoms with Gasteiger partial charge in [0.1, 0.15) is 11.6 Å². The van der Waals surface area contributed by atoms with Crippen LogP contribution in [0.1, 0.15) is 38.2 Å². The summed E-state index contributed by atoms with van der Waals surface area (Å²) in [7, 11) is 1.46. The van der Waals surface area contributed by atoms with Crippen molar-refractivity contribution in [2.24, 2.45) is 0 Å². The highest BCUT2D eigenvalue weighted by Crippen LogP contribution is 2.37. The molecule has 0 heterocycles. The van der Waals surface area contributed by atoms with Crippen LogP contribution >= 0.6 is 15.9 Å². The Hall–Kier alpha value is -2.53. The fourth-order valence-electron chi connectivity index (χ4n) is 2.95. The molecule has 1 aromatic carbocycles. The third kappa shape index (κ3) is 5.99. The van der Waals surface area contributed by atoms with Gasteiger partial charge in [0.2, 0.25) is 0 Å². The Balaban J connectivity index is 2.18. The minimum absolute atomic E-state index is 0.0149. The summed E-state index contributed by atoms with van der Waals surface area (Å²) in [6, 6.07) is 5.39. The fourth-order valence-corrected chi connectivity index (χ4v) is 3.52. The largest absolute Gasteiger partial charge is 0.493 e. The first-order valence-corrected chi connectivity index (χ1v) is 9.86. The smallest absolute Gasteiger partial charge is 0.344 e. The van der Waals surface area contributed by atoms with Crippen molar-refractivity contribution in [2.45, 2.75) is 38.6 Å². The van der Waals surface area contributed by atoms with E-state index in [9.17, 15) is 14.9 Å². The lowest BCUT2D eigenvalue weighted by Crippen LogP contribution is -2.33. The molecule has 0 aromatic heterocycles. The topological polar surface area (TPSA) is 97.7 Å². The molecule has 150 valence electrons. The molecule has 1 fully saturated rings. The minimum Gasteiger partial charge on any atom is -0.493 e. The summed E-state index contributed by atoms with van der Waals surface area (Å²) >= 11 is 3.38. The number of benzene rings is 1. The second-order valence-electron chi connectivity index (χ2n) is 6.25. The molecule has 1 saturated carbocycles. The Kier molecular flexibility index (Phi) is 8.33. The Labute approximate surface area is 172 Å². The number of esters is 1. The van der Waals surface area contributed by atoms with Gasteiger partial charge < -0.3 is 19.5 Å². The number of ether oxygens (including phenoxy) is 3. The van der Waals surface area contributed by atoms with Gasteiger partial charge in [-0.15, -0.1) is 0 Å². The van der Waals surface area contributed by atoms with E-state index in [0.29, 0.717) is 21.5 Å². The molecule has 28 heavy (non-hydrogen) atoms. The van der Waals surface area contributed by atoms with E-state index >= 15 is 0 Å². The quantitative estimate of drug-likeness (QED) is 0.370. The zero-order valence-electron chi connectivity index (χ0n) is 15.9. The maximum atomic E-state index is 12.4. The van der Waals surface area contributed by atoms with Crippen LogP contribution in [0.15, 0.2) is 22.2 Å². The normalized spacial score (nSPS) is 14.3. The zero-order chi connectivity index (χ0) is 20.5. The molecule has 0 radical (unpaired) electrons. The van der Waals surface area contributed by atoms with Gasteiger partial charge in [-0.3, -0.25) is 4.79 Å². The molecule has 1 N–H and O–H groups in total. The Morgan fingerprint density at radius 2 is 2.07 bits per heavy atom. The molecule has 7 nitrogen and oxygen atoms in total. The number of carbonyl (C=O) groups excluding carboxylic acids is 2. The molecule has 1 aliphatic rings. The van der Waals surface area contributed by atoms with E-state index in [1.807, 2.05) is 6.07 Å². The van der Waals surface area contributed by atoms with E-state index < -0.39 is 5.97 Å². The van der Waals surface area contributed by atoms with Crippen LogP contribution < -0.4 is 14.8 Å². The number of nitriles is 1. The third-order valence-electron chi connectivity index (χ3n) is 4.26. The summed E-state index contributed by atoms with van der Waals surface area (Å²) in [4.78, 5) is 23.9. The lowest BCUT2D eigenvalue weighted by atomic mass is 10.1. The number of methoxy groups -OCH3 is 1. The molecule has 1 aliphatic carbocycles. The van der Waals surface area contributed by atoms with Crippen LogP contribution in [0.5, 0.6) is 11.5 Å². The van der Waals surface area contributed by atoms with Gasteiger partial charge in [0, 0.05) is 6.04 Å². The van der Waals surface area contributed by atoms with Crippen molar-refractivity contribution in [2.75, 3.05) is 20.3 Å². The van der Waals surface area contributed by atoms with Crippen LogP contribution in [0, 0.1) is 11.3 Å². The number of nitrogens with zero attached hydrogens (tertiary/aromatic N) is 1. The van der Waals surface area contributed by atoms with E-state index in [4.69, 9.17) is 14.2 Å². The Bertz CT molecular complexity index is 795. The number of rotatable bonds is 8. The summed E-state index contributed by atoms with van der Waals surface area (Å²) in [5, 5.41) is 12.3. The van der Waals surface area contributed by atoms with E-state index in [-0.39, 0.29) is 30.7 Å². The van der Waals surface area contributed by atoms with Gasteiger partial charge in [-0.25, -0.2) is 4.79 Å². The number of nitrogens with one attached hydrogen (secondary N) is 1. The number of hydrogen-bond acceptors (Lipinski definition) is 6. The average Bonchev–Trinajstić information content (AvgIpc) is 3.17. The van der Waals surface area contributed by atoms with Crippen LogP contribution in [0.25, 0.3) is 6.08 Å². The van der Waals surface area contributed by atoms with E-state index in [1.165, 1.54) is 13.2 Å². The highest BCUT2D eigenvalue weighted by Gasteiger charge is 2.20. The van der Waals surface area contributed by atoms with Gasteiger partial charge in [0.25, 0.3) is 5.91 Å². The van der Waals surface area contributed by atoms with Crippen molar-refractivity contribution in [3.63, 3.8) is 0 Å². The summed E-state index contributed by atoms with van der Waals surface area (Å²) in [6.45, 7) is 1.72. The van der Waals surface area contributed by atoms with Gasteiger partial charge in [-0.1, -0.05) is 12.8 Å². The second-order valence-corrected chi connectivity index (χ2v) is 7.11. The predicted octanol–water partition coefficient (Wildman–Crippen LogP) is 3.37. The highest BCUT2D eigenvalue weighted by atomic mass is 79.9. The lowest BCUT2D eigenvalue weighted by molar-refractivity contribution is -0.145. The van der Waals surface area contributed by atoms with Gasteiger partial charge in [0.15, 0.2) is 18.1 Å².